The topological polar surface area (TPSA) is 66.4 Å². The molecule has 1 aromatic rings. The van der Waals surface area contributed by atoms with E-state index in [1.54, 1.807) is 22.4 Å². The van der Waals surface area contributed by atoms with Crippen LogP contribution in [0.5, 0.6) is 0 Å². The van der Waals surface area contributed by atoms with Gasteiger partial charge in [0, 0.05) is 63.7 Å². The van der Waals surface area contributed by atoms with Crippen molar-refractivity contribution in [3.63, 3.8) is 0 Å². The lowest BCUT2D eigenvalue weighted by Gasteiger charge is -2.56. The monoisotopic (exact) mass is 837 g/mol. The highest BCUT2D eigenvalue weighted by Gasteiger charge is 2.56. The molecule has 11 aliphatic rings. The second-order valence-electron chi connectivity index (χ2n) is 21.9. The molecule has 0 amide bonds. The Morgan fingerprint density at radius 2 is 1.66 bits per heavy atom. The summed E-state index contributed by atoms with van der Waals surface area (Å²) in [5.41, 5.74) is 9.45. The fourth-order valence-electron chi connectivity index (χ4n) is 15.9. The number of thioether (sulfide) groups is 1. The molecule has 3 N–H and O–H groups in total. The van der Waals surface area contributed by atoms with Gasteiger partial charge in [0.15, 0.2) is 0 Å². The van der Waals surface area contributed by atoms with Crippen molar-refractivity contribution < 1.29 is 0 Å². The number of rotatable bonds is 5. The predicted octanol–water partition coefficient (Wildman–Crippen LogP) is 10.8. The highest BCUT2D eigenvalue weighted by molar-refractivity contribution is 8.00. The zero-order chi connectivity index (χ0) is 40.8. The molecule has 4 heterocycles. The van der Waals surface area contributed by atoms with E-state index in [4.69, 9.17) is 0 Å². The first-order chi connectivity index (χ1) is 30.0. The summed E-state index contributed by atoms with van der Waals surface area (Å²) in [6.45, 7) is 4.90. The molecule has 17 atom stereocenters. The Kier molecular flexibility index (Phi) is 10.7. The molecule has 2 saturated heterocycles. The number of fused-ring (bicyclic) bond motifs is 8. The van der Waals surface area contributed by atoms with Crippen LogP contribution in [0.2, 0.25) is 0 Å². The molecule has 5 fully saturated rings. The quantitative estimate of drug-likeness (QED) is 0.255. The maximum atomic E-state index is 11.5. The van der Waals surface area contributed by atoms with Gasteiger partial charge in [0.05, 0.1) is 36.5 Å². The highest BCUT2D eigenvalue weighted by atomic mass is 32.2. The van der Waals surface area contributed by atoms with Gasteiger partial charge in [-0.1, -0.05) is 80.0 Å². The Morgan fingerprint density at radius 1 is 0.754 bits per heavy atom. The summed E-state index contributed by atoms with van der Waals surface area (Å²) < 4.78 is 0. The zero-order valence-corrected chi connectivity index (χ0v) is 37.9. The van der Waals surface area contributed by atoms with Crippen LogP contribution in [-0.2, 0) is 0 Å². The first kappa shape index (κ1) is 39.8. The van der Waals surface area contributed by atoms with E-state index < -0.39 is 0 Å². The molecule has 0 bridgehead atoms. The standard InChI is InChI=1S/C54H72N6S/c1-32-23-25-45-40(27-32)41-28-33(2)24-26-46(41)60(45)48-30-47(59-43-19-9-6-15-36(43)37-16-7-10-20-44(37)59)35(31-55)29-42(48)54-57-52(34-13-4-3-5-14-34)56-53(58-54)39-18-12-22-50-51(39)38-17-8-11-21-49(38)61-50/h6,9-10,12-13,15,18-20,27,33,35,37-39,41-42,44,46-54,56-58H,3-5,7-8,11,14,16-17,21-26,28-30H2,1-2H3. The van der Waals surface area contributed by atoms with Gasteiger partial charge in [-0.05, 0) is 150 Å². The molecule has 3 saturated carbocycles. The first-order valence-corrected chi connectivity index (χ1v) is 26.4. The number of anilines is 1. The van der Waals surface area contributed by atoms with Crippen molar-refractivity contribution in [1.82, 2.24) is 20.9 Å². The summed E-state index contributed by atoms with van der Waals surface area (Å²) in [6, 6.07) is 13.8. The molecule has 17 unspecified atom stereocenters. The van der Waals surface area contributed by atoms with Gasteiger partial charge in [-0.2, -0.15) is 17.0 Å². The van der Waals surface area contributed by atoms with Crippen molar-refractivity contribution in [3.05, 3.63) is 88.7 Å². The van der Waals surface area contributed by atoms with Gasteiger partial charge in [0.1, 0.15) is 0 Å². The summed E-state index contributed by atoms with van der Waals surface area (Å²) >= 11 is 2.37. The fourth-order valence-corrected chi connectivity index (χ4v) is 18.0. The Morgan fingerprint density at radius 3 is 2.56 bits per heavy atom. The lowest BCUT2D eigenvalue weighted by Crippen LogP contribution is -2.74. The number of para-hydroxylation sites is 1. The Bertz CT molecular complexity index is 2040. The van der Waals surface area contributed by atoms with Crippen LogP contribution in [0.25, 0.3) is 0 Å². The summed E-state index contributed by atoms with van der Waals surface area (Å²) in [5.74, 6) is 4.29. The molecule has 0 aromatic heterocycles. The highest BCUT2D eigenvalue weighted by Crippen LogP contribution is 2.57. The molecule has 324 valence electrons. The van der Waals surface area contributed by atoms with Crippen LogP contribution in [0.4, 0.5) is 5.69 Å². The first-order valence-electron chi connectivity index (χ1n) is 25.4. The van der Waals surface area contributed by atoms with Crippen molar-refractivity contribution in [2.24, 2.45) is 41.4 Å². The number of hydrogen-bond acceptors (Lipinski definition) is 7. The number of nitriles is 1. The third kappa shape index (κ3) is 6.80. The average Bonchev–Trinajstić information content (AvgIpc) is 3.96. The second kappa shape index (κ2) is 16.3. The van der Waals surface area contributed by atoms with Crippen LogP contribution in [0.1, 0.15) is 141 Å². The summed E-state index contributed by atoms with van der Waals surface area (Å²) in [4.78, 5) is 5.90. The van der Waals surface area contributed by atoms with Crippen LogP contribution in [-0.4, -0.2) is 58.1 Å². The lowest BCUT2D eigenvalue weighted by molar-refractivity contribution is 0.00779. The molecule has 0 radical (unpaired) electrons. The third-order valence-corrected chi connectivity index (χ3v) is 20.4. The molecule has 7 heteroatoms. The largest absolute Gasteiger partial charge is 0.368 e. The van der Waals surface area contributed by atoms with E-state index >= 15 is 0 Å². The smallest absolute Gasteiger partial charge is 0.0818 e. The Hall–Kier alpha value is -2.76. The van der Waals surface area contributed by atoms with E-state index in [9.17, 15) is 5.26 Å². The Balaban J connectivity index is 0.955. The van der Waals surface area contributed by atoms with Crippen molar-refractivity contribution >= 4 is 17.4 Å². The average molecular weight is 837 g/mol. The van der Waals surface area contributed by atoms with E-state index in [-0.39, 0.29) is 30.5 Å². The van der Waals surface area contributed by atoms with Crippen molar-refractivity contribution in [1.29, 1.82) is 5.26 Å². The van der Waals surface area contributed by atoms with Crippen molar-refractivity contribution in [3.8, 4) is 6.07 Å². The lowest BCUT2D eigenvalue weighted by atomic mass is 9.68. The number of nitrogens with zero attached hydrogens (tertiary/aromatic N) is 3. The van der Waals surface area contributed by atoms with E-state index in [0.717, 1.165) is 47.5 Å². The fraction of sp³-hybridized carbons (Fsp3) is 0.685. The summed E-state index contributed by atoms with van der Waals surface area (Å²) in [7, 11) is 0. The number of allylic oxidation sites excluding steroid dienone is 6. The van der Waals surface area contributed by atoms with Crippen LogP contribution in [0.3, 0.4) is 0 Å². The van der Waals surface area contributed by atoms with E-state index in [2.05, 4.69) is 118 Å². The van der Waals surface area contributed by atoms with Gasteiger partial charge in [-0.25, -0.2) is 0 Å². The van der Waals surface area contributed by atoms with Gasteiger partial charge in [-0.3, -0.25) is 16.0 Å². The normalized spacial score (nSPS) is 45.2. The molecule has 7 aliphatic carbocycles. The van der Waals surface area contributed by atoms with Gasteiger partial charge in [-0.15, -0.1) is 0 Å². The minimum Gasteiger partial charge on any atom is -0.368 e. The van der Waals surface area contributed by atoms with Crippen LogP contribution < -0.4 is 20.9 Å². The van der Waals surface area contributed by atoms with Gasteiger partial charge >= 0.3 is 0 Å². The predicted molar refractivity (Wildman–Crippen MR) is 251 cm³/mol. The van der Waals surface area contributed by atoms with Crippen molar-refractivity contribution in [2.75, 3.05) is 4.90 Å². The van der Waals surface area contributed by atoms with E-state index in [1.807, 2.05) is 0 Å². The second-order valence-corrected chi connectivity index (χ2v) is 23.3. The maximum absolute atomic E-state index is 11.5. The summed E-state index contributed by atoms with van der Waals surface area (Å²) in [5, 5.41) is 26.3. The van der Waals surface area contributed by atoms with Gasteiger partial charge in [0.2, 0.25) is 0 Å². The molecule has 1 aromatic carbocycles. The molecule has 61 heavy (non-hydrogen) atoms. The Labute approximate surface area is 371 Å². The number of hydrogen-bond donors (Lipinski definition) is 3. The van der Waals surface area contributed by atoms with Crippen LogP contribution in [0, 0.1) is 52.8 Å². The molecule has 6 nitrogen and oxygen atoms in total. The molecular weight excluding hydrogens is 765 g/mol. The number of nitrogens with one attached hydrogen (secondary N) is 3. The SMILES string of the molecule is CC1=CC2=C(CC1)N(C1CC(N3c4ccccc4C4CCC=CC43)C(C#N)CC1C1NC(C3=CCCCC3)NC(C3C=CCC4SC5CCCCC5C43)N1)C1CCC(C)CC21. The maximum Gasteiger partial charge on any atom is 0.0818 e. The van der Waals surface area contributed by atoms with Gasteiger partial charge in [0.25, 0.3) is 0 Å². The molecule has 0 spiro atoms. The number of benzene rings is 1. The van der Waals surface area contributed by atoms with Crippen LogP contribution >= 0.6 is 11.8 Å². The summed E-state index contributed by atoms with van der Waals surface area (Å²) in [6.07, 6.45) is 38.5. The van der Waals surface area contributed by atoms with E-state index in [1.165, 1.54) is 108 Å². The van der Waals surface area contributed by atoms with Crippen LogP contribution in [0.15, 0.2) is 83.1 Å². The molecule has 12 rings (SSSR count). The van der Waals surface area contributed by atoms with E-state index in [0.29, 0.717) is 41.8 Å². The molecular formula is C54H72N6S. The zero-order valence-electron chi connectivity index (χ0n) is 37.1. The minimum atomic E-state index is -0.0347. The molecule has 4 aliphatic heterocycles. The van der Waals surface area contributed by atoms with Gasteiger partial charge < -0.3 is 9.80 Å². The third-order valence-electron chi connectivity index (χ3n) is 18.6. The minimum absolute atomic E-state index is 0.0347. The van der Waals surface area contributed by atoms with Crippen molar-refractivity contribution in [2.45, 2.75) is 189 Å².